The van der Waals surface area contributed by atoms with E-state index in [1.54, 1.807) is 18.5 Å². The molecule has 2 aliphatic rings. The smallest absolute Gasteiger partial charge is 0.422 e. The van der Waals surface area contributed by atoms with Gasteiger partial charge in [0.1, 0.15) is 5.01 Å². The topological polar surface area (TPSA) is 83.7 Å². The van der Waals surface area contributed by atoms with Crippen molar-refractivity contribution in [3.8, 4) is 16.3 Å². The van der Waals surface area contributed by atoms with Crippen molar-refractivity contribution in [3.05, 3.63) is 23.2 Å². The number of hydrogen-bond donors (Lipinski definition) is 2. The molecule has 166 valence electrons. The van der Waals surface area contributed by atoms with Crippen molar-refractivity contribution in [1.82, 2.24) is 15.3 Å². The van der Waals surface area contributed by atoms with Crippen LogP contribution in [0.25, 0.3) is 21.7 Å². The normalized spacial score (nSPS) is 22.3. The highest BCUT2D eigenvalue weighted by molar-refractivity contribution is 7.13. The summed E-state index contributed by atoms with van der Waals surface area (Å²) in [5.41, 5.74) is 0.604. The molecule has 0 radical (unpaired) electrons. The van der Waals surface area contributed by atoms with Gasteiger partial charge < -0.3 is 24.5 Å². The number of rotatable bonds is 5. The molecule has 3 aromatic rings. The lowest BCUT2D eigenvalue weighted by molar-refractivity contribution is -0.274. The summed E-state index contributed by atoms with van der Waals surface area (Å²) >= 11 is 1.33. The second-order valence-corrected chi connectivity index (χ2v) is 8.76. The maximum Gasteiger partial charge on any atom is 0.573 e. The molecule has 3 unspecified atom stereocenters. The average molecular weight is 454 g/mol. The van der Waals surface area contributed by atoms with Gasteiger partial charge in [0.25, 0.3) is 6.01 Å². The zero-order chi connectivity index (χ0) is 21.8. The Bertz CT molecular complexity index is 1070. The van der Waals surface area contributed by atoms with Crippen LogP contribution < -0.4 is 15.0 Å². The van der Waals surface area contributed by atoms with Gasteiger partial charge in [0.05, 0.1) is 11.7 Å². The lowest BCUT2D eigenvalue weighted by Gasteiger charge is -2.31. The molecule has 3 atom stereocenters. The summed E-state index contributed by atoms with van der Waals surface area (Å²) in [6.07, 6.45) is -2.20. The van der Waals surface area contributed by atoms with E-state index in [9.17, 15) is 18.3 Å². The third kappa shape index (κ3) is 3.85. The molecule has 2 aliphatic heterocycles. The Kier molecular flexibility index (Phi) is 5.06. The second kappa shape index (κ2) is 7.64. The average Bonchev–Trinajstić information content (AvgIpc) is 3.46. The Morgan fingerprint density at radius 3 is 2.71 bits per heavy atom. The van der Waals surface area contributed by atoms with E-state index in [-0.39, 0.29) is 29.1 Å². The largest absolute Gasteiger partial charge is 0.573 e. The van der Waals surface area contributed by atoms with E-state index in [4.69, 9.17) is 4.42 Å². The molecule has 0 saturated carbocycles. The minimum atomic E-state index is -4.94. The van der Waals surface area contributed by atoms with Crippen molar-refractivity contribution in [1.29, 1.82) is 0 Å². The molecule has 5 rings (SSSR count). The number of ether oxygens (including phenoxy) is 1. The number of benzene rings is 1. The number of aliphatic hydroxyl groups excluding tert-OH is 1. The van der Waals surface area contributed by atoms with Gasteiger partial charge in [0.2, 0.25) is 0 Å². The SMILES string of the molecule is CCC(O)c1cc(-c2nccs2)c2oc(N3CC4CCC(C3)N4)nc2c1OC(F)(F)F. The van der Waals surface area contributed by atoms with E-state index in [1.165, 1.54) is 17.4 Å². The third-order valence-corrected chi connectivity index (χ3v) is 6.56. The molecular formula is C20H21F3N4O3S. The van der Waals surface area contributed by atoms with Crippen LogP contribution in [0, 0.1) is 0 Å². The first-order chi connectivity index (χ1) is 14.8. The zero-order valence-corrected chi connectivity index (χ0v) is 17.5. The first-order valence-corrected chi connectivity index (χ1v) is 11.0. The highest BCUT2D eigenvalue weighted by atomic mass is 32.1. The Balaban J connectivity index is 1.70. The third-order valence-electron chi connectivity index (χ3n) is 5.75. The monoisotopic (exact) mass is 454 g/mol. The minimum Gasteiger partial charge on any atom is -0.422 e. The molecule has 2 saturated heterocycles. The van der Waals surface area contributed by atoms with Gasteiger partial charge in [-0.2, -0.15) is 4.98 Å². The fourth-order valence-electron chi connectivity index (χ4n) is 4.36. The summed E-state index contributed by atoms with van der Waals surface area (Å²) in [6.45, 7) is 3.01. The number of anilines is 1. The van der Waals surface area contributed by atoms with Crippen LogP contribution in [0.15, 0.2) is 22.1 Å². The van der Waals surface area contributed by atoms with Crippen LogP contribution in [0.5, 0.6) is 5.75 Å². The number of fused-ring (bicyclic) bond motifs is 3. The molecule has 2 bridgehead atoms. The van der Waals surface area contributed by atoms with Crippen LogP contribution in [0.4, 0.5) is 19.2 Å². The van der Waals surface area contributed by atoms with Crippen molar-refractivity contribution in [2.75, 3.05) is 18.0 Å². The van der Waals surface area contributed by atoms with Crippen molar-refractivity contribution in [2.24, 2.45) is 0 Å². The van der Waals surface area contributed by atoms with E-state index in [0.717, 1.165) is 12.8 Å². The number of alkyl halides is 3. The number of aliphatic hydroxyl groups is 1. The first kappa shape index (κ1) is 20.5. The lowest BCUT2D eigenvalue weighted by atomic mass is 10.0. The van der Waals surface area contributed by atoms with Crippen LogP contribution in [0.1, 0.15) is 37.9 Å². The fraction of sp³-hybridized carbons (Fsp3) is 0.500. The molecule has 7 nitrogen and oxygen atoms in total. The molecule has 31 heavy (non-hydrogen) atoms. The summed E-state index contributed by atoms with van der Waals surface area (Å²) in [4.78, 5) is 10.7. The zero-order valence-electron chi connectivity index (χ0n) is 16.6. The first-order valence-electron chi connectivity index (χ1n) is 10.1. The highest BCUT2D eigenvalue weighted by Crippen LogP contribution is 2.44. The number of hydrogen-bond acceptors (Lipinski definition) is 8. The van der Waals surface area contributed by atoms with Crippen LogP contribution in [-0.2, 0) is 0 Å². The van der Waals surface area contributed by atoms with Crippen LogP contribution in [-0.4, -0.2) is 46.6 Å². The van der Waals surface area contributed by atoms with Gasteiger partial charge >= 0.3 is 6.36 Å². The Morgan fingerprint density at radius 2 is 2.10 bits per heavy atom. The molecule has 2 fully saturated rings. The fourth-order valence-corrected chi connectivity index (χ4v) is 5.01. The summed E-state index contributed by atoms with van der Waals surface area (Å²) in [7, 11) is 0. The number of oxazole rings is 1. The van der Waals surface area contributed by atoms with Gasteiger partial charge in [0, 0.05) is 42.3 Å². The Hall–Kier alpha value is -2.37. The molecule has 0 amide bonds. The van der Waals surface area contributed by atoms with Gasteiger partial charge in [-0.25, -0.2) is 4.98 Å². The lowest BCUT2D eigenvalue weighted by Crippen LogP contribution is -2.51. The van der Waals surface area contributed by atoms with Gasteiger partial charge in [-0.15, -0.1) is 24.5 Å². The van der Waals surface area contributed by atoms with Crippen LogP contribution in [0.3, 0.4) is 0 Å². The molecule has 4 heterocycles. The van der Waals surface area contributed by atoms with Crippen molar-refractivity contribution in [3.63, 3.8) is 0 Å². The van der Waals surface area contributed by atoms with E-state index >= 15 is 0 Å². The summed E-state index contributed by atoms with van der Waals surface area (Å²) < 4.78 is 50.2. The van der Waals surface area contributed by atoms with Crippen LogP contribution >= 0.6 is 11.3 Å². The number of nitrogens with one attached hydrogen (secondary N) is 1. The van der Waals surface area contributed by atoms with Crippen molar-refractivity contribution < 1.29 is 27.4 Å². The van der Waals surface area contributed by atoms with Gasteiger partial charge in [-0.3, -0.25) is 0 Å². The van der Waals surface area contributed by atoms with Crippen molar-refractivity contribution >= 4 is 28.5 Å². The number of aromatic nitrogens is 2. The number of halogens is 3. The van der Waals surface area contributed by atoms with Gasteiger partial charge in [0.15, 0.2) is 16.8 Å². The van der Waals surface area contributed by atoms with Crippen LogP contribution in [0.2, 0.25) is 0 Å². The number of nitrogens with zero attached hydrogens (tertiary/aromatic N) is 3. The van der Waals surface area contributed by atoms with E-state index in [1.807, 2.05) is 4.90 Å². The number of piperazine rings is 1. The van der Waals surface area contributed by atoms with E-state index in [0.29, 0.717) is 35.7 Å². The molecule has 0 aliphatic carbocycles. The minimum absolute atomic E-state index is 0.0118. The summed E-state index contributed by atoms with van der Waals surface area (Å²) in [6, 6.07) is 2.32. The maximum atomic E-state index is 13.3. The number of thiazole rings is 1. The van der Waals surface area contributed by atoms with E-state index < -0.39 is 18.2 Å². The molecule has 2 aromatic heterocycles. The van der Waals surface area contributed by atoms with Gasteiger partial charge in [-0.1, -0.05) is 6.92 Å². The van der Waals surface area contributed by atoms with Crippen molar-refractivity contribution in [2.45, 2.75) is 50.7 Å². The molecular weight excluding hydrogens is 433 g/mol. The standard InChI is InChI=1S/C20H21F3N4O3S/c1-2-14(28)12-7-13(18-24-5-6-31-18)16-15(17(12)30-20(21,22)23)26-19(29-16)27-8-10-3-4-11(9-27)25-10/h5-7,10-11,14,25,28H,2-4,8-9H2,1H3. The molecule has 1 aromatic carbocycles. The molecule has 11 heteroatoms. The Labute approximate surface area is 179 Å². The quantitative estimate of drug-likeness (QED) is 0.597. The molecule has 2 N–H and O–H groups in total. The van der Waals surface area contributed by atoms with E-state index in [2.05, 4.69) is 20.0 Å². The maximum absolute atomic E-state index is 13.3. The highest BCUT2D eigenvalue weighted by Gasteiger charge is 2.38. The summed E-state index contributed by atoms with van der Waals surface area (Å²) in [5, 5.41) is 16.3. The molecule has 0 spiro atoms. The summed E-state index contributed by atoms with van der Waals surface area (Å²) in [5.74, 6) is -0.523. The second-order valence-electron chi connectivity index (χ2n) is 7.87. The predicted octanol–water partition coefficient (Wildman–Crippen LogP) is 4.23. The Morgan fingerprint density at radius 1 is 1.35 bits per heavy atom. The predicted molar refractivity (Wildman–Crippen MR) is 109 cm³/mol. The van der Waals surface area contributed by atoms with Gasteiger partial charge in [-0.05, 0) is 25.3 Å².